The lowest BCUT2D eigenvalue weighted by molar-refractivity contribution is 0.414. The van der Waals surface area contributed by atoms with E-state index < -0.39 is 0 Å². The molecule has 7 heteroatoms. The molecular formula is C20H16N4O3. The Hall–Kier alpha value is -3.92. The molecule has 0 aliphatic carbocycles. The number of nitrogens with zero attached hydrogens (tertiary/aromatic N) is 2. The molecule has 0 bridgehead atoms. The molecule has 27 heavy (non-hydrogen) atoms. The van der Waals surface area contributed by atoms with Gasteiger partial charge in [0.05, 0.1) is 18.4 Å². The van der Waals surface area contributed by atoms with Gasteiger partial charge < -0.3 is 26.0 Å². The van der Waals surface area contributed by atoms with E-state index in [0.29, 0.717) is 11.3 Å². The monoisotopic (exact) mass is 360 g/mol. The molecule has 0 spiro atoms. The van der Waals surface area contributed by atoms with Gasteiger partial charge >= 0.3 is 0 Å². The van der Waals surface area contributed by atoms with E-state index >= 15 is 0 Å². The summed E-state index contributed by atoms with van der Waals surface area (Å²) in [6, 6.07) is 14.4. The molecule has 0 amide bonds. The van der Waals surface area contributed by atoms with Crippen LogP contribution in [0.4, 0.5) is 11.5 Å². The van der Waals surface area contributed by atoms with Crippen molar-refractivity contribution in [3.05, 3.63) is 64.7 Å². The Labute approximate surface area is 155 Å². The lowest BCUT2D eigenvalue weighted by Crippen LogP contribution is -2.17. The van der Waals surface area contributed by atoms with Crippen molar-refractivity contribution in [2.24, 2.45) is 0 Å². The summed E-state index contributed by atoms with van der Waals surface area (Å²) in [5.74, 6) is 1.14. The zero-order chi connectivity index (χ0) is 19.1. The zero-order valence-corrected chi connectivity index (χ0v) is 14.4. The number of methoxy groups -OCH3 is 1. The number of nitrogen functional groups attached to an aromatic ring is 2. The lowest BCUT2D eigenvalue weighted by atomic mass is 9.82. The van der Waals surface area contributed by atoms with Gasteiger partial charge in [0, 0.05) is 17.5 Å². The van der Waals surface area contributed by atoms with Gasteiger partial charge in [-0.3, -0.25) is 0 Å². The average molecular weight is 360 g/mol. The van der Waals surface area contributed by atoms with Crippen LogP contribution in [0.15, 0.2) is 42.5 Å². The molecule has 134 valence electrons. The number of fused-ring (bicyclic) bond motifs is 2. The van der Waals surface area contributed by atoms with E-state index in [9.17, 15) is 10.4 Å². The maximum Gasteiger partial charge on any atom is 0.227 e. The number of nitrogens with two attached hydrogens (primary N) is 2. The van der Waals surface area contributed by atoms with Crippen LogP contribution in [0.5, 0.6) is 23.1 Å². The second-order valence-electron chi connectivity index (χ2n) is 6.15. The van der Waals surface area contributed by atoms with Crippen molar-refractivity contribution >= 4 is 11.5 Å². The highest BCUT2D eigenvalue weighted by Gasteiger charge is 2.34. The Morgan fingerprint density at radius 1 is 1.19 bits per heavy atom. The third kappa shape index (κ3) is 2.55. The number of benzene rings is 2. The van der Waals surface area contributed by atoms with Crippen molar-refractivity contribution in [2.45, 2.75) is 5.92 Å². The van der Waals surface area contributed by atoms with Crippen molar-refractivity contribution in [1.29, 1.82) is 5.26 Å². The van der Waals surface area contributed by atoms with Crippen LogP contribution in [0.1, 0.15) is 28.2 Å². The molecule has 1 unspecified atom stereocenters. The van der Waals surface area contributed by atoms with Gasteiger partial charge in [-0.2, -0.15) is 10.2 Å². The van der Waals surface area contributed by atoms with Crippen molar-refractivity contribution in [2.75, 3.05) is 18.6 Å². The molecule has 2 aromatic carbocycles. The Balaban J connectivity index is 2.00. The van der Waals surface area contributed by atoms with Gasteiger partial charge in [0.25, 0.3) is 0 Å². The predicted octanol–water partition coefficient (Wildman–Crippen LogP) is 3.12. The van der Waals surface area contributed by atoms with Crippen molar-refractivity contribution in [3.8, 4) is 29.2 Å². The minimum absolute atomic E-state index is 0.00540. The summed E-state index contributed by atoms with van der Waals surface area (Å²) in [5.41, 5.74) is 14.8. The third-order valence-corrected chi connectivity index (χ3v) is 4.63. The highest BCUT2D eigenvalue weighted by atomic mass is 16.5. The highest BCUT2D eigenvalue weighted by Crippen LogP contribution is 2.50. The van der Waals surface area contributed by atoms with Gasteiger partial charge in [0.15, 0.2) is 0 Å². The number of phenolic OH excluding ortho intramolecular Hbond substituents is 1. The topological polar surface area (TPSA) is 127 Å². The Morgan fingerprint density at radius 2 is 1.93 bits per heavy atom. The first kappa shape index (κ1) is 16.5. The summed E-state index contributed by atoms with van der Waals surface area (Å²) < 4.78 is 11.1. The van der Waals surface area contributed by atoms with Gasteiger partial charge in [0.2, 0.25) is 5.88 Å². The number of pyridine rings is 1. The first-order valence-electron chi connectivity index (χ1n) is 8.17. The summed E-state index contributed by atoms with van der Waals surface area (Å²) in [6.07, 6.45) is 0. The van der Waals surface area contributed by atoms with E-state index in [4.69, 9.17) is 20.9 Å². The maximum atomic E-state index is 9.84. The SMILES string of the molecule is COc1ccc(C2c3ccc(O)cc3Oc3nc(N)c(C#N)c(N)c32)cc1. The fourth-order valence-electron chi connectivity index (χ4n) is 3.34. The molecule has 3 aromatic rings. The predicted molar refractivity (Wildman–Crippen MR) is 99.9 cm³/mol. The van der Waals surface area contributed by atoms with E-state index in [2.05, 4.69) is 4.98 Å². The quantitative estimate of drug-likeness (QED) is 0.501. The molecule has 1 aliphatic heterocycles. The number of nitriles is 1. The number of rotatable bonds is 2. The molecular weight excluding hydrogens is 344 g/mol. The smallest absolute Gasteiger partial charge is 0.227 e. The number of ether oxygens (including phenoxy) is 2. The fourth-order valence-corrected chi connectivity index (χ4v) is 3.34. The first-order chi connectivity index (χ1) is 13.0. The minimum atomic E-state index is -0.338. The van der Waals surface area contributed by atoms with Gasteiger partial charge in [-0.05, 0) is 23.8 Å². The van der Waals surface area contributed by atoms with E-state index in [1.807, 2.05) is 30.3 Å². The number of hydrogen-bond donors (Lipinski definition) is 3. The first-order valence-corrected chi connectivity index (χ1v) is 8.17. The Bertz CT molecular complexity index is 1090. The molecule has 2 heterocycles. The fraction of sp³-hybridized carbons (Fsp3) is 0.100. The van der Waals surface area contributed by atoms with Crippen LogP contribution in [0, 0.1) is 11.3 Å². The van der Waals surface area contributed by atoms with E-state index in [1.165, 1.54) is 6.07 Å². The molecule has 7 nitrogen and oxygen atoms in total. The molecule has 4 rings (SSSR count). The Morgan fingerprint density at radius 3 is 2.59 bits per heavy atom. The van der Waals surface area contributed by atoms with Crippen LogP contribution in [-0.2, 0) is 0 Å². The number of hydrogen-bond acceptors (Lipinski definition) is 7. The van der Waals surface area contributed by atoms with Gasteiger partial charge in [0.1, 0.15) is 34.7 Å². The summed E-state index contributed by atoms with van der Waals surface area (Å²) in [4.78, 5) is 4.23. The van der Waals surface area contributed by atoms with Crippen LogP contribution >= 0.6 is 0 Å². The molecule has 1 atom stereocenters. The number of phenols is 1. The molecule has 1 aliphatic rings. The largest absolute Gasteiger partial charge is 0.508 e. The third-order valence-electron chi connectivity index (χ3n) is 4.63. The minimum Gasteiger partial charge on any atom is -0.508 e. The van der Waals surface area contributed by atoms with E-state index in [-0.39, 0.29) is 34.6 Å². The van der Waals surface area contributed by atoms with Crippen molar-refractivity contribution in [1.82, 2.24) is 4.98 Å². The molecule has 1 aromatic heterocycles. The van der Waals surface area contributed by atoms with Gasteiger partial charge in [-0.25, -0.2) is 0 Å². The van der Waals surface area contributed by atoms with Gasteiger partial charge in [-0.1, -0.05) is 18.2 Å². The summed E-state index contributed by atoms with van der Waals surface area (Å²) >= 11 is 0. The molecule has 0 saturated carbocycles. The molecule has 0 radical (unpaired) electrons. The highest BCUT2D eigenvalue weighted by molar-refractivity contribution is 5.75. The van der Waals surface area contributed by atoms with Crippen LogP contribution < -0.4 is 20.9 Å². The van der Waals surface area contributed by atoms with Crippen LogP contribution in [0.25, 0.3) is 0 Å². The van der Waals surface area contributed by atoms with Crippen molar-refractivity contribution < 1.29 is 14.6 Å². The van der Waals surface area contributed by atoms with Crippen molar-refractivity contribution in [3.63, 3.8) is 0 Å². The number of aromatic hydroxyl groups is 1. The summed E-state index contributed by atoms with van der Waals surface area (Å²) in [7, 11) is 1.60. The normalized spacial score (nSPS) is 14.4. The van der Waals surface area contributed by atoms with E-state index in [0.717, 1.165) is 16.9 Å². The van der Waals surface area contributed by atoms with Gasteiger partial charge in [-0.15, -0.1) is 0 Å². The maximum absolute atomic E-state index is 9.84. The summed E-state index contributed by atoms with van der Waals surface area (Å²) in [6.45, 7) is 0. The average Bonchev–Trinajstić information content (AvgIpc) is 2.66. The van der Waals surface area contributed by atoms with Crippen LogP contribution in [-0.4, -0.2) is 17.2 Å². The second kappa shape index (κ2) is 6.11. The molecule has 0 saturated heterocycles. The second-order valence-corrected chi connectivity index (χ2v) is 6.15. The Kier molecular flexibility index (Phi) is 3.74. The van der Waals surface area contributed by atoms with Crippen LogP contribution in [0.3, 0.4) is 0 Å². The van der Waals surface area contributed by atoms with E-state index in [1.54, 1.807) is 19.2 Å². The molecule has 0 fully saturated rings. The number of aromatic nitrogens is 1. The zero-order valence-electron chi connectivity index (χ0n) is 14.4. The standard InChI is InChI=1S/C20H16N4O3/c1-26-12-5-2-10(3-6-12)16-13-7-4-11(25)8-15(13)27-20-17(16)18(22)14(9-21)19(23)24-20/h2-8,16,25H,1H3,(H4,22,23,24). The summed E-state index contributed by atoms with van der Waals surface area (Å²) in [5, 5.41) is 19.3. The van der Waals surface area contributed by atoms with Crippen LogP contribution in [0.2, 0.25) is 0 Å². The molecule has 5 N–H and O–H groups in total. The number of anilines is 2. The lowest BCUT2D eigenvalue weighted by Gasteiger charge is -2.29.